The minimum atomic E-state index is -0.474. The Morgan fingerprint density at radius 2 is 2.05 bits per heavy atom. The number of hydrogen-bond donors (Lipinski definition) is 1. The molecule has 0 aromatic carbocycles. The first-order valence-electron chi connectivity index (χ1n) is 6.52. The molecule has 2 rings (SSSR count). The lowest BCUT2D eigenvalue weighted by Gasteiger charge is -2.40. The van der Waals surface area contributed by atoms with E-state index in [0.717, 1.165) is 13.1 Å². The van der Waals surface area contributed by atoms with Crippen molar-refractivity contribution in [3.05, 3.63) is 16.7 Å². The predicted molar refractivity (Wildman–Crippen MR) is 74.9 cm³/mol. The summed E-state index contributed by atoms with van der Waals surface area (Å²) < 4.78 is 5.13. The predicted octanol–water partition coefficient (Wildman–Crippen LogP) is 0.203. The maximum absolute atomic E-state index is 11.7. The molecule has 0 saturated carbocycles. The van der Waals surface area contributed by atoms with Crippen molar-refractivity contribution in [1.29, 1.82) is 5.26 Å². The average Bonchev–Trinajstić information content (AvgIpc) is 2.47. The largest absolute Gasteiger partial charge is 0.489 e. The number of ether oxygens (including phenoxy) is 1. The summed E-state index contributed by atoms with van der Waals surface area (Å²) >= 11 is 0. The van der Waals surface area contributed by atoms with Gasteiger partial charge in [-0.3, -0.25) is 9.69 Å². The van der Waals surface area contributed by atoms with E-state index < -0.39 is 5.54 Å². The molecule has 1 aromatic heterocycles. The molecule has 1 fully saturated rings. The Labute approximate surface area is 117 Å². The first-order chi connectivity index (χ1) is 9.49. The summed E-state index contributed by atoms with van der Waals surface area (Å²) in [5.41, 5.74) is -0.755. The number of H-pyrrole nitrogens is 1. The van der Waals surface area contributed by atoms with E-state index in [2.05, 4.69) is 20.9 Å². The van der Waals surface area contributed by atoms with Gasteiger partial charge in [0.05, 0.1) is 19.5 Å². The van der Waals surface area contributed by atoms with Crippen molar-refractivity contribution in [3.8, 4) is 11.8 Å². The maximum atomic E-state index is 11.7. The summed E-state index contributed by atoms with van der Waals surface area (Å²) in [6, 6.07) is 2.31. The molecule has 0 aliphatic carbocycles. The molecule has 1 saturated heterocycles. The molecule has 0 atom stereocenters. The topological polar surface area (TPSA) is 85.2 Å². The zero-order chi connectivity index (χ0) is 14.8. The van der Waals surface area contributed by atoms with Crippen LogP contribution in [0.25, 0.3) is 0 Å². The zero-order valence-electron chi connectivity index (χ0n) is 12.0. The van der Waals surface area contributed by atoms with E-state index in [9.17, 15) is 4.79 Å². The third-order valence-electron chi connectivity index (χ3n) is 3.64. The summed E-state index contributed by atoms with van der Waals surface area (Å²) in [4.78, 5) is 22.5. The number of methoxy groups -OCH3 is 1. The highest BCUT2D eigenvalue weighted by atomic mass is 16.5. The molecule has 1 aliphatic heterocycles. The highest BCUT2D eigenvalue weighted by Gasteiger charge is 2.31. The molecule has 7 nitrogen and oxygen atoms in total. The number of piperazine rings is 1. The van der Waals surface area contributed by atoms with Crippen LogP contribution in [0, 0.1) is 11.3 Å². The van der Waals surface area contributed by atoms with E-state index in [1.807, 2.05) is 18.7 Å². The molecule has 0 spiro atoms. The molecule has 20 heavy (non-hydrogen) atoms. The van der Waals surface area contributed by atoms with Crippen LogP contribution in [0.15, 0.2) is 11.1 Å². The Morgan fingerprint density at radius 1 is 1.40 bits per heavy atom. The average molecular weight is 277 g/mol. The smallest absolute Gasteiger partial charge is 0.295 e. The Bertz CT molecular complexity index is 567. The quantitative estimate of drug-likeness (QED) is 0.849. The number of nitrogens with one attached hydrogen (secondary N) is 1. The molecular formula is C13H19N5O2. The summed E-state index contributed by atoms with van der Waals surface area (Å²) in [7, 11) is 1.46. The van der Waals surface area contributed by atoms with E-state index in [4.69, 9.17) is 10.00 Å². The number of nitrogens with zero attached hydrogens (tertiary/aromatic N) is 4. The molecule has 0 unspecified atom stereocenters. The fraction of sp³-hybridized carbons (Fsp3) is 0.615. The van der Waals surface area contributed by atoms with Gasteiger partial charge in [0.2, 0.25) is 5.75 Å². The van der Waals surface area contributed by atoms with Crippen molar-refractivity contribution in [2.45, 2.75) is 19.4 Å². The fourth-order valence-electron chi connectivity index (χ4n) is 2.33. The van der Waals surface area contributed by atoms with Crippen LogP contribution in [0.3, 0.4) is 0 Å². The van der Waals surface area contributed by atoms with Crippen LogP contribution in [0.2, 0.25) is 0 Å². The summed E-state index contributed by atoms with van der Waals surface area (Å²) in [5.74, 6) is 0.797. The van der Waals surface area contributed by atoms with Crippen molar-refractivity contribution in [2.75, 3.05) is 38.2 Å². The first kappa shape index (κ1) is 14.3. The van der Waals surface area contributed by atoms with Gasteiger partial charge < -0.3 is 14.6 Å². The lowest BCUT2D eigenvalue weighted by Crippen LogP contribution is -2.54. The van der Waals surface area contributed by atoms with Crippen LogP contribution in [-0.2, 0) is 0 Å². The van der Waals surface area contributed by atoms with Gasteiger partial charge in [0.1, 0.15) is 5.54 Å². The molecule has 108 valence electrons. The molecule has 1 N–H and O–H groups in total. The number of rotatable bonds is 3. The molecule has 1 aromatic rings. The number of aromatic amines is 1. The van der Waals surface area contributed by atoms with Gasteiger partial charge in [-0.1, -0.05) is 0 Å². The standard InChI is InChI=1S/C13H19N5O2/c1-13(2,8-14)18-6-4-17(5-7-18)11-10(20-3)12(19)16-9-15-11/h9H,4-7H2,1-3H3,(H,15,16,19). The highest BCUT2D eigenvalue weighted by molar-refractivity contribution is 5.51. The van der Waals surface area contributed by atoms with Gasteiger partial charge in [0.25, 0.3) is 5.56 Å². The maximum Gasteiger partial charge on any atom is 0.295 e. The third-order valence-corrected chi connectivity index (χ3v) is 3.64. The Kier molecular flexibility index (Phi) is 3.95. The molecular weight excluding hydrogens is 258 g/mol. The number of aromatic nitrogens is 2. The minimum absolute atomic E-state index is 0.237. The number of nitriles is 1. The molecule has 0 amide bonds. The van der Waals surface area contributed by atoms with E-state index >= 15 is 0 Å². The molecule has 2 heterocycles. The fourth-order valence-corrected chi connectivity index (χ4v) is 2.33. The Balaban J connectivity index is 2.14. The second-order valence-electron chi connectivity index (χ2n) is 5.23. The Hall–Kier alpha value is -2.07. The van der Waals surface area contributed by atoms with E-state index in [1.54, 1.807) is 0 Å². The van der Waals surface area contributed by atoms with Gasteiger partial charge in [-0.05, 0) is 13.8 Å². The van der Waals surface area contributed by atoms with E-state index in [0.29, 0.717) is 18.9 Å². The first-order valence-corrected chi connectivity index (χ1v) is 6.52. The zero-order valence-corrected chi connectivity index (χ0v) is 12.0. The van der Waals surface area contributed by atoms with Crippen molar-refractivity contribution in [3.63, 3.8) is 0 Å². The molecule has 0 bridgehead atoms. The van der Waals surface area contributed by atoms with Crippen LogP contribution in [0.5, 0.6) is 5.75 Å². The van der Waals surface area contributed by atoms with Crippen molar-refractivity contribution >= 4 is 5.82 Å². The van der Waals surface area contributed by atoms with Gasteiger partial charge in [0, 0.05) is 26.2 Å². The van der Waals surface area contributed by atoms with Crippen LogP contribution >= 0.6 is 0 Å². The minimum Gasteiger partial charge on any atom is -0.489 e. The monoisotopic (exact) mass is 277 g/mol. The summed E-state index contributed by atoms with van der Waals surface area (Å²) in [6.45, 7) is 6.73. The second-order valence-corrected chi connectivity index (χ2v) is 5.23. The molecule has 7 heteroatoms. The summed E-state index contributed by atoms with van der Waals surface area (Å²) in [6.07, 6.45) is 1.38. The van der Waals surface area contributed by atoms with Crippen molar-refractivity contribution in [2.24, 2.45) is 0 Å². The van der Waals surface area contributed by atoms with Crippen molar-refractivity contribution < 1.29 is 4.74 Å². The number of hydrogen-bond acceptors (Lipinski definition) is 6. The Morgan fingerprint density at radius 3 is 2.60 bits per heavy atom. The van der Waals surface area contributed by atoms with Gasteiger partial charge in [-0.15, -0.1) is 0 Å². The van der Waals surface area contributed by atoms with Crippen LogP contribution in [-0.4, -0.2) is 53.7 Å². The highest BCUT2D eigenvalue weighted by Crippen LogP contribution is 2.23. The second kappa shape index (κ2) is 5.51. The normalized spacial score (nSPS) is 16.8. The van der Waals surface area contributed by atoms with Crippen LogP contribution < -0.4 is 15.2 Å². The molecule has 0 radical (unpaired) electrons. The summed E-state index contributed by atoms with van der Waals surface area (Å²) in [5, 5.41) is 9.16. The van der Waals surface area contributed by atoms with Gasteiger partial charge in [-0.2, -0.15) is 5.26 Å². The number of anilines is 1. The van der Waals surface area contributed by atoms with Gasteiger partial charge in [0.15, 0.2) is 5.82 Å². The third kappa shape index (κ3) is 2.60. The van der Waals surface area contributed by atoms with Crippen LogP contribution in [0.4, 0.5) is 5.82 Å². The van der Waals surface area contributed by atoms with E-state index in [-0.39, 0.29) is 11.3 Å². The lowest BCUT2D eigenvalue weighted by atomic mass is 10.0. The SMILES string of the molecule is COc1c(N2CCN(C(C)(C)C#N)CC2)nc[nH]c1=O. The molecule has 1 aliphatic rings. The lowest BCUT2D eigenvalue weighted by molar-refractivity contribution is 0.157. The van der Waals surface area contributed by atoms with Gasteiger partial charge >= 0.3 is 0 Å². The van der Waals surface area contributed by atoms with E-state index in [1.165, 1.54) is 13.4 Å². The van der Waals surface area contributed by atoms with Crippen LogP contribution in [0.1, 0.15) is 13.8 Å². The van der Waals surface area contributed by atoms with Gasteiger partial charge in [-0.25, -0.2) is 4.98 Å². The van der Waals surface area contributed by atoms with Crippen molar-refractivity contribution in [1.82, 2.24) is 14.9 Å².